The maximum Gasteiger partial charge on any atom is 0.191 e. The highest BCUT2D eigenvalue weighted by atomic mass is 32.2. The Morgan fingerprint density at radius 1 is 1.14 bits per heavy atom. The van der Waals surface area contributed by atoms with Crippen molar-refractivity contribution in [2.45, 2.75) is 51.7 Å². The van der Waals surface area contributed by atoms with E-state index in [1.165, 1.54) is 17.3 Å². The molecule has 0 unspecified atom stereocenters. The van der Waals surface area contributed by atoms with Gasteiger partial charge in [-0.25, -0.2) is 0 Å². The lowest BCUT2D eigenvalue weighted by Gasteiger charge is -2.08. The molecule has 0 N–H and O–H groups in total. The summed E-state index contributed by atoms with van der Waals surface area (Å²) in [6.45, 7) is 9.10. The Balaban J connectivity index is 1.65. The van der Waals surface area contributed by atoms with Crippen LogP contribution in [0.15, 0.2) is 47.8 Å². The molecule has 0 fully saturated rings. The second-order valence-corrected chi connectivity index (χ2v) is 8.08. The first-order valence-electron chi connectivity index (χ1n) is 9.57. The van der Waals surface area contributed by atoms with Crippen molar-refractivity contribution < 1.29 is 4.79 Å². The van der Waals surface area contributed by atoms with Crippen molar-refractivity contribution >= 4 is 17.5 Å². The molecule has 1 aromatic carbocycles. The molecule has 3 aromatic rings. The highest BCUT2D eigenvalue weighted by Gasteiger charge is 2.15. The zero-order chi connectivity index (χ0) is 20.1. The van der Waals surface area contributed by atoms with Gasteiger partial charge in [0.05, 0.1) is 5.75 Å². The van der Waals surface area contributed by atoms with Gasteiger partial charge in [-0.05, 0) is 43.0 Å². The fourth-order valence-electron chi connectivity index (χ4n) is 3.02. The molecule has 0 spiro atoms. The molecular formula is C22H26N4OS. The number of benzene rings is 1. The van der Waals surface area contributed by atoms with Crippen molar-refractivity contribution in [3.05, 3.63) is 59.4 Å². The van der Waals surface area contributed by atoms with Crippen molar-refractivity contribution in [3.63, 3.8) is 0 Å². The summed E-state index contributed by atoms with van der Waals surface area (Å²) in [7, 11) is 0. The third-order valence-electron chi connectivity index (χ3n) is 4.60. The summed E-state index contributed by atoms with van der Waals surface area (Å²) in [5.41, 5.74) is 4.28. The maximum absolute atomic E-state index is 12.4. The lowest BCUT2D eigenvalue weighted by Crippen LogP contribution is -2.07. The third-order valence-corrected chi connectivity index (χ3v) is 5.62. The summed E-state index contributed by atoms with van der Waals surface area (Å²) in [5.74, 6) is 1.89. The van der Waals surface area contributed by atoms with E-state index in [-0.39, 0.29) is 5.78 Å². The van der Waals surface area contributed by atoms with Crippen LogP contribution in [0.3, 0.4) is 0 Å². The zero-order valence-corrected chi connectivity index (χ0v) is 17.7. The summed E-state index contributed by atoms with van der Waals surface area (Å²) in [6.07, 6.45) is 2.22. The molecule has 5 nitrogen and oxygen atoms in total. The van der Waals surface area contributed by atoms with E-state index in [2.05, 4.69) is 60.2 Å². The highest BCUT2D eigenvalue weighted by molar-refractivity contribution is 7.99. The number of carbonyl (C=O) groups excluding carboxylic acids is 1. The number of ketones is 1. The summed E-state index contributed by atoms with van der Waals surface area (Å²) >= 11 is 1.45. The molecule has 0 aliphatic heterocycles. The number of hydrogen-bond acceptors (Lipinski definition) is 5. The molecule has 6 heteroatoms. The first-order chi connectivity index (χ1) is 13.5. The minimum Gasteiger partial charge on any atom is -0.302 e. The van der Waals surface area contributed by atoms with Crippen molar-refractivity contribution in [2.75, 3.05) is 5.75 Å². The van der Waals surface area contributed by atoms with Gasteiger partial charge >= 0.3 is 0 Å². The Morgan fingerprint density at radius 2 is 1.89 bits per heavy atom. The van der Waals surface area contributed by atoms with E-state index in [4.69, 9.17) is 0 Å². The molecule has 0 atom stereocenters. The lowest BCUT2D eigenvalue weighted by molar-refractivity contribution is -0.116. The summed E-state index contributed by atoms with van der Waals surface area (Å²) in [4.78, 5) is 16.7. The second kappa shape index (κ2) is 9.15. The Morgan fingerprint density at radius 3 is 2.54 bits per heavy atom. The average molecular weight is 395 g/mol. The summed E-state index contributed by atoms with van der Waals surface area (Å²) in [6, 6.07) is 12.3. The van der Waals surface area contributed by atoms with Crippen LogP contribution in [0.25, 0.3) is 11.4 Å². The number of rotatable bonds is 8. The van der Waals surface area contributed by atoms with E-state index in [1.807, 2.05) is 23.6 Å². The van der Waals surface area contributed by atoms with Gasteiger partial charge in [-0.1, -0.05) is 49.9 Å². The Hall–Kier alpha value is -2.47. The fraction of sp³-hybridized carbons (Fsp3) is 0.364. The van der Waals surface area contributed by atoms with Gasteiger partial charge in [0.1, 0.15) is 5.78 Å². The van der Waals surface area contributed by atoms with Crippen molar-refractivity contribution in [2.24, 2.45) is 0 Å². The summed E-state index contributed by atoms with van der Waals surface area (Å²) < 4.78 is 2.05. The summed E-state index contributed by atoms with van der Waals surface area (Å²) in [5, 5.41) is 9.42. The van der Waals surface area contributed by atoms with Crippen LogP contribution in [0.1, 0.15) is 43.5 Å². The van der Waals surface area contributed by atoms with Crippen LogP contribution >= 0.6 is 11.8 Å². The zero-order valence-electron chi connectivity index (χ0n) is 16.8. The normalized spacial score (nSPS) is 11.2. The van der Waals surface area contributed by atoms with Gasteiger partial charge in [-0.3, -0.25) is 9.78 Å². The molecule has 3 rings (SSSR count). The number of Topliss-reactive ketones (excluding diaryl/α,β-unsaturated/α-hetero) is 1. The predicted octanol–water partition coefficient (Wildman–Crippen LogP) is 4.70. The van der Waals surface area contributed by atoms with Crippen molar-refractivity contribution in [3.8, 4) is 11.4 Å². The molecule has 0 radical (unpaired) electrons. The largest absolute Gasteiger partial charge is 0.302 e. The minimum absolute atomic E-state index is 0.189. The molecule has 0 aliphatic carbocycles. The van der Waals surface area contributed by atoms with Crippen LogP contribution in [0.2, 0.25) is 0 Å². The fourth-order valence-corrected chi connectivity index (χ4v) is 3.88. The molecule has 146 valence electrons. The smallest absolute Gasteiger partial charge is 0.191 e. The number of nitrogens with zero attached hydrogens (tertiary/aromatic N) is 4. The molecule has 28 heavy (non-hydrogen) atoms. The molecule has 0 amide bonds. The maximum atomic E-state index is 12.4. The topological polar surface area (TPSA) is 60.7 Å². The van der Waals surface area contributed by atoms with Crippen LogP contribution in [-0.2, 0) is 17.8 Å². The van der Waals surface area contributed by atoms with Gasteiger partial charge in [-0.2, -0.15) is 0 Å². The minimum atomic E-state index is 0.189. The lowest BCUT2D eigenvalue weighted by atomic mass is 10.0. The Labute approximate surface area is 170 Å². The first kappa shape index (κ1) is 20.3. The number of hydrogen-bond donors (Lipinski definition) is 0. The van der Waals surface area contributed by atoms with E-state index < -0.39 is 0 Å². The number of aromatic nitrogens is 4. The van der Waals surface area contributed by atoms with E-state index in [9.17, 15) is 4.79 Å². The van der Waals surface area contributed by atoms with Gasteiger partial charge in [0.25, 0.3) is 0 Å². The standard InChI is InChI=1S/C22H26N4OS/c1-5-26-21(19-10-11-23-16(4)12-19)24-25-22(26)28-14-20(27)13-17-6-8-18(9-7-17)15(2)3/h6-12,15H,5,13-14H2,1-4H3. The second-order valence-electron chi connectivity index (χ2n) is 7.14. The number of pyridine rings is 1. The molecule has 2 heterocycles. The molecule has 0 bridgehead atoms. The van der Waals surface area contributed by atoms with Gasteiger partial charge < -0.3 is 4.57 Å². The van der Waals surface area contributed by atoms with Crippen LogP contribution in [0, 0.1) is 6.92 Å². The predicted molar refractivity (Wildman–Crippen MR) is 114 cm³/mol. The molecule has 0 saturated carbocycles. The van der Waals surface area contributed by atoms with Gasteiger partial charge in [-0.15, -0.1) is 10.2 Å². The van der Waals surface area contributed by atoms with Gasteiger partial charge in [0.2, 0.25) is 0 Å². The monoisotopic (exact) mass is 394 g/mol. The quantitative estimate of drug-likeness (QED) is 0.519. The first-order valence-corrected chi connectivity index (χ1v) is 10.6. The SMILES string of the molecule is CCn1c(SCC(=O)Cc2ccc(C(C)C)cc2)nnc1-c1ccnc(C)c1. The van der Waals surface area contributed by atoms with Crippen molar-refractivity contribution in [1.82, 2.24) is 19.7 Å². The van der Waals surface area contributed by atoms with E-state index in [0.717, 1.165) is 34.3 Å². The van der Waals surface area contributed by atoms with E-state index >= 15 is 0 Å². The van der Waals surface area contributed by atoms with Crippen LogP contribution in [0.5, 0.6) is 0 Å². The van der Waals surface area contributed by atoms with Gasteiger partial charge in [0, 0.05) is 30.4 Å². The average Bonchev–Trinajstić information content (AvgIpc) is 3.09. The molecule has 2 aromatic heterocycles. The third kappa shape index (κ3) is 4.87. The van der Waals surface area contributed by atoms with E-state index in [1.54, 1.807) is 6.20 Å². The molecule has 0 saturated heterocycles. The van der Waals surface area contributed by atoms with E-state index in [0.29, 0.717) is 18.1 Å². The van der Waals surface area contributed by atoms with Crippen LogP contribution < -0.4 is 0 Å². The van der Waals surface area contributed by atoms with Crippen LogP contribution in [-0.4, -0.2) is 31.3 Å². The number of aryl methyl sites for hydroxylation is 1. The Bertz CT molecular complexity index is 947. The number of carbonyl (C=O) groups is 1. The van der Waals surface area contributed by atoms with Gasteiger partial charge in [0.15, 0.2) is 11.0 Å². The van der Waals surface area contributed by atoms with Crippen molar-refractivity contribution in [1.29, 1.82) is 0 Å². The Kier molecular flexibility index (Phi) is 6.62. The number of thioether (sulfide) groups is 1. The van der Waals surface area contributed by atoms with Crippen LogP contribution in [0.4, 0.5) is 0 Å². The molecular weight excluding hydrogens is 368 g/mol. The molecule has 0 aliphatic rings. The highest BCUT2D eigenvalue weighted by Crippen LogP contribution is 2.24.